The molecule has 0 radical (unpaired) electrons. The van der Waals surface area contributed by atoms with Gasteiger partial charge in [0.15, 0.2) is 0 Å². The maximum atomic E-state index is 8.23. The van der Waals surface area contributed by atoms with Crippen molar-refractivity contribution in [3.05, 3.63) is 0 Å². The molecule has 0 heterocycles. The standard InChI is InChI=1S/C2H9O3P/c1-6(2,3,4)5/h3-5H,1-2H3. The second-order valence-corrected chi connectivity index (χ2v) is 5.75. The molecule has 0 saturated carbocycles. The van der Waals surface area contributed by atoms with Crippen LogP contribution in [0.3, 0.4) is 0 Å². The van der Waals surface area contributed by atoms with Gasteiger partial charge >= 0.3 is 35.3 Å². The van der Waals surface area contributed by atoms with Gasteiger partial charge < -0.3 is 0 Å². The Kier molecular flexibility index (Phi) is 0.976. The van der Waals surface area contributed by atoms with E-state index >= 15 is 0 Å². The molecule has 0 aliphatic rings. The molecule has 0 aromatic heterocycles. The van der Waals surface area contributed by atoms with Gasteiger partial charge in [0, 0.05) is 0 Å². The van der Waals surface area contributed by atoms with Gasteiger partial charge in [-0.05, 0) is 0 Å². The summed E-state index contributed by atoms with van der Waals surface area (Å²) in [4.78, 5) is 24.7. The molecule has 3 N–H and O–H groups in total. The predicted molar refractivity (Wildman–Crippen MR) is 25.4 cm³/mol. The summed E-state index contributed by atoms with van der Waals surface area (Å²) < 4.78 is 0. The van der Waals surface area contributed by atoms with Gasteiger partial charge in [-0.1, -0.05) is 0 Å². The zero-order valence-corrected chi connectivity index (χ0v) is 4.68. The van der Waals surface area contributed by atoms with Crippen LogP contribution in [0.5, 0.6) is 0 Å². The molecule has 0 atom stereocenters. The van der Waals surface area contributed by atoms with Gasteiger partial charge in [0.1, 0.15) is 0 Å². The summed E-state index contributed by atoms with van der Waals surface area (Å²) in [7, 11) is -4.05. The van der Waals surface area contributed by atoms with Crippen molar-refractivity contribution in [2.75, 3.05) is 13.3 Å². The van der Waals surface area contributed by atoms with Crippen LogP contribution in [-0.4, -0.2) is 28.0 Å². The van der Waals surface area contributed by atoms with Gasteiger partial charge in [0.05, 0.1) is 0 Å². The van der Waals surface area contributed by atoms with Crippen LogP contribution in [0.2, 0.25) is 0 Å². The Morgan fingerprint density at radius 3 is 1.00 bits per heavy atom. The first-order valence-electron chi connectivity index (χ1n) is 1.49. The minimum atomic E-state index is -4.05. The average Bonchev–Trinajstić information content (AvgIpc) is 0.650. The number of hydrogen-bond acceptors (Lipinski definition) is 3. The summed E-state index contributed by atoms with van der Waals surface area (Å²) in [5.74, 6) is 0. The van der Waals surface area contributed by atoms with Gasteiger partial charge in [-0.25, -0.2) is 0 Å². The van der Waals surface area contributed by atoms with Crippen LogP contribution in [0.25, 0.3) is 0 Å². The van der Waals surface area contributed by atoms with Gasteiger partial charge in [-0.2, -0.15) is 0 Å². The van der Waals surface area contributed by atoms with Gasteiger partial charge in [-0.3, -0.25) is 0 Å². The predicted octanol–water partition coefficient (Wildman–Crippen LogP) is -0.479. The van der Waals surface area contributed by atoms with E-state index in [1.54, 1.807) is 0 Å². The molecule has 0 aromatic carbocycles. The quantitative estimate of drug-likeness (QED) is 0.371. The van der Waals surface area contributed by atoms with Crippen molar-refractivity contribution in [3.63, 3.8) is 0 Å². The SMILES string of the molecule is CP(C)(O)(O)O. The Bertz CT molecular complexity index is 42.0. The molecule has 3 nitrogen and oxygen atoms in total. The summed E-state index contributed by atoms with van der Waals surface area (Å²) in [6.45, 7) is 2.01. The fourth-order valence-electron chi connectivity index (χ4n) is 0. The molecule has 0 saturated heterocycles. The van der Waals surface area contributed by atoms with Crippen molar-refractivity contribution in [3.8, 4) is 0 Å². The monoisotopic (exact) mass is 112 g/mol. The Balaban J connectivity index is 3.73. The van der Waals surface area contributed by atoms with E-state index in [2.05, 4.69) is 0 Å². The summed E-state index contributed by atoms with van der Waals surface area (Å²) in [6, 6.07) is 0. The van der Waals surface area contributed by atoms with Crippen LogP contribution in [0.15, 0.2) is 0 Å². The molecule has 0 unspecified atom stereocenters. The molecule has 6 heavy (non-hydrogen) atoms. The number of hydrogen-bond donors (Lipinski definition) is 3. The van der Waals surface area contributed by atoms with Crippen LogP contribution in [0.4, 0.5) is 0 Å². The van der Waals surface area contributed by atoms with Crippen LogP contribution in [-0.2, 0) is 0 Å². The molecule has 0 aromatic rings. The third kappa shape index (κ3) is 491. The summed E-state index contributed by atoms with van der Waals surface area (Å²) >= 11 is 0. The molecule has 0 aliphatic carbocycles. The molecule has 0 fully saturated rings. The van der Waals surface area contributed by atoms with Crippen molar-refractivity contribution >= 4 is 7.28 Å². The minimum absolute atomic E-state index is 1.01. The van der Waals surface area contributed by atoms with Crippen LogP contribution in [0, 0.1) is 0 Å². The van der Waals surface area contributed by atoms with Crippen LogP contribution >= 0.6 is 7.28 Å². The Labute approximate surface area is 36.4 Å². The van der Waals surface area contributed by atoms with E-state index in [1.807, 2.05) is 0 Å². The molecule has 0 bridgehead atoms. The first kappa shape index (κ1) is 6.31. The molecular formula is C2H9O3P. The molecular weight excluding hydrogens is 103 g/mol. The van der Waals surface area contributed by atoms with E-state index in [0.29, 0.717) is 0 Å². The van der Waals surface area contributed by atoms with E-state index in [0.717, 1.165) is 13.3 Å². The Hall–Kier alpha value is 0.310. The van der Waals surface area contributed by atoms with Crippen molar-refractivity contribution in [1.29, 1.82) is 0 Å². The van der Waals surface area contributed by atoms with Crippen molar-refractivity contribution in [1.82, 2.24) is 0 Å². The molecule has 40 valence electrons. The second-order valence-electron chi connectivity index (χ2n) is 1.92. The van der Waals surface area contributed by atoms with Crippen molar-refractivity contribution in [2.24, 2.45) is 0 Å². The summed E-state index contributed by atoms with van der Waals surface area (Å²) in [5.41, 5.74) is 0. The zero-order chi connectivity index (χ0) is 5.45. The molecule has 0 aliphatic heterocycles. The Morgan fingerprint density at radius 1 is 1.00 bits per heavy atom. The van der Waals surface area contributed by atoms with Gasteiger partial charge in [0.2, 0.25) is 0 Å². The third-order valence-electron chi connectivity index (χ3n) is 0. The van der Waals surface area contributed by atoms with E-state index < -0.39 is 7.28 Å². The first-order chi connectivity index (χ1) is 2.24. The zero-order valence-electron chi connectivity index (χ0n) is 3.79. The normalized spacial score (nSPS) is 19.2. The Morgan fingerprint density at radius 2 is 1.00 bits per heavy atom. The van der Waals surface area contributed by atoms with Gasteiger partial charge in [-0.15, -0.1) is 0 Å². The first-order valence-corrected chi connectivity index (χ1v) is 4.48. The molecule has 4 heteroatoms. The third-order valence-corrected chi connectivity index (χ3v) is 0. The molecule has 0 rings (SSSR count). The van der Waals surface area contributed by atoms with E-state index in [4.69, 9.17) is 14.7 Å². The molecule has 0 spiro atoms. The topological polar surface area (TPSA) is 60.7 Å². The van der Waals surface area contributed by atoms with Crippen LogP contribution < -0.4 is 0 Å². The van der Waals surface area contributed by atoms with Crippen LogP contribution in [0.1, 0.15) is 0 Å². The van der Waals surface area contributed by atoms with Crippen molar-refractivity contribution in [2.45, 2.75) is 0 Å². The van der Waals surface area contributed by atoms with Crippen molar-refractivity contribution < 1.29 is 14.7 Å². The fraction of sp³-hybridized carbons (Fsp3) is 1.00. The maximum absolute atomic E-state index is 8.23. The second kappa shape index (κ2) is 0.928. The van der Waals surface area contributed by atoms with E-state index in [9.17, 15) is 0 Å². The van der Waals surface area contributed by atoms with Gasteiger partial charge in [0.25, 0.3) is 0 Å². The van der Waals surface area contributed by atoms with E-state index in [-0.39, 0.29) is 0 Å². The fourth-order valence-corrected chi connectivity index (χ4v) is 0. The molecule has 0 amide bonds. The average molecular weight is 112 g/mol. The summed E-state index contributed by atoms with van der Waals surface area (Å²) in [5, 5.41) is 0. The summed E-state index contributed by atoms with van der Waals surface area (Å²) in [6.07, 6.45) is 0. The van der Waals surface area contributed by atoms with E-state index in [1.165, 1.54) is 0 Å². The number of rotatable bonds is 0.